The second-order valence-corrected chi connectivity index (χ2v) is 14.8. The Bertz CT molecular complexity index is 1680. The van der Waals surface area contributed by atoms with Gasteiger partial charge in [-0.1, -0.05) is 73.1 Å². The molecule has 4 unspecified atom stereocenters. The van der Waals surface area contributed by atoms with E-state index in [0.29, 0.717) is 56.9 Å². The number of fused-ring (bicyclic) bond motifs is 1. The second kappa shape index (κ2) is 16.2. The highest BCUT2D eigenvalue weighted by molar-refractivity contribution is 6.30. The van der Waals surface area contributed by atoms with Gasteiger partial charge in [0.05, 0.1) is 6.04 Å². The van der Waals surface area contributed by atoms with Crippen molar-refractivity contribution in [1.82, 2.24) is 25.3 Å². The lowest BCUT2D eigenvalue weighted by Crippen LogP contribution is -2.63. The lowest BCUT2D eigenvalue weighted by atomic mass is 9.97. The van der Waals surface area contributed by atoms with E-state index in [4.69, 9.17) is 16.3 Å². The number of carbonyl (C=O) groups excluding carboxylic acids is 4. The number of nitrogens with zero attached hydrogens (tertiary/aromatic N) is 3. The van der Waals surface area contributed by atoms with Crippen LogP contribution in [0.2, 0.25) is 5.02 Å². The molecule has 4 amide bonds. The van der Waals surface area contributed by atoms with Gasteiger partial charge < -0.3 is 20.3 Å². The second-order valence-electron chi connectivity index (χ2n) is 14.3. The van der Waals surface area contributed by atoms with Crippen molar-refractivity contribution in [3.63, 3.8) is 0 Å². The molecule has 0 bridgehead atoms. The molecule has 3 aromatic rings. The zero-order valence-electron chi connectivity index (χ0n) is 29.8. The minimum Gasteiger partial charge on any atom is -0.444 e. The van der Waals surface area contributed by atoms with E-state index >= 15 is 0 Å². The van der Waals surface area contributed by atoms with Crippen LogP contribution in [0.3, 0.4) is 0 Å². The number of hydrogen-bond acceptors (Lipinski definition) is 6. The SMILES string of the molecule is CCC1CN(C(Cc2ccc3ccccc3c2)C(=O)NC)CCN1C(=O)C(Cc1ccc(Cl)cc1)NC(=O)C1CCCN1C(=O)OC(C)(C)C. The average molecular weight is 704 g/mol. The molecule has 3 aromatic carbocycles. The number of halogens is 1. The van der Waals surface area contributed by atoms with Crippen LogP contribution in [-0.2, 0) is 32.0 Å². The lowest BCUT2D eigenvalue weighted by molar-refractivity contribution is -0.142. The average Bonchev–Trinajstić information content (AvgIpc) is 3.60. The zero-order valence-corrected chi connectivity index (χ0v) is 30.5. The summed E-state index contributed by atoms with van der Waals surface area (Å²) in [5.41, 5.74) is 1.23. The Morgan fingerprint density at radius 1 is 0.900 bits per heavy atom. The zero-order chi connectivity index (χ0) is 36.0. The van der Waals surface area contributed by atoms with Crippen molar-refractivity contribution in [3.8, 4) is 0 Å². The minimum atomic E-state index is -0.863. The molecule has 5 rings (SSSR count). The number of ether oxygens (including phenoxy) is 1. The van der Waals surface area contributed by atoms with Gasteiger partial charge in [0.1, 0.15) is 17.7 Å². The number of piperazine rings is 1. The van der Waals surface area contributed by atoms with Crippen molar-refractivity contribution in [2.24, 2.45) is 0 Å². The first-order chi connectivity index (χ1) is 23.9. The molecular formula is C39H50ClN5O5. The fourth-order valence-corrected chi connectivity index (χ4v) is 7.17. The van der Waals surface area contributed by atoms with Crippen LogP contribution < -0.4 is 10.6 Å². The molecular weight excluding hydrogens is 654 g/mol. The summed E-state index contributed by atoms with van der Waals surface area (Å²) in [5.74, 6) is -0.623. The molecule has 2 saturated heterocycles. The molecule has 0 saturated carbocycles. The summed E-state index contributed by atoms with van der Waals surface area (Å²) in [4.78, 5) is 60.0. The van der Waals surface area contributed by atoms with Crippen molar-refractivity contribution in [2.75, 3.05) is 33.2 Å². The molecule has 0 aromatic heterocycles. The van der Waals surface area contributed by atoms with Gasteiger partial charge in [0.25, 0.3) is 0 Å². The summed E-state index contributed by atoms with van der Waals surface area (Å²) >= 11 is 6.15. The maximum Gasteiger partial charge on any atom is 0.410 e. The molecule has 2 aliphatic rings. The Morgan fingerprint density at radius 3 is 2.28 bits per heavy atom. The van der Waals surface area contributed by atoms with Crippen molar-refractivity contribution >= 4 is 46.2 Å². The topological polar surface area (TPSA) is 111 Å². The fourth-order valence-electron chi connectivity index (χ4n) is 7.05. The van der Waals surface area contributed by atoms with E-state index in [9.17, 15) is 19.2 Å². The summed E-state index contributed by atoms with van der Waals surface area (Å²) in [6, 6.07) is 19.6. The quantitative estimate of drug-likeness (QED) is 0.301. The molecule has 4 atom stereocenters. The van der Waals surface area contributed by atoms with E-state index in [1.807, 2.05) is 36.1 Å². The van der Waals surface area contributed by atoms with Gasteiger partial charge in [-0.15, -0.1) is 0 Å². The molecule has 268 valence electrons. The summed E-state index contributed by atoms with van der Waals surface area (Å²) in [5, 5.41) is 8.74. The van der Waals surface area contributed by atoms with E-state index in [1.165, 1.54) is 4.90 Å². The van der Waals surface area contributed by atoms with Crippen molar-refractivity contribution in [3.05, 3.63) is 82.9 Å². The maximum atomic E-state index is 14.5. The highest BCUT2D eigenvalue weighted by Crippen LogP contribution is 2.24. The van der Waals surface area contributed by atoms with Gasteiger partial charge in [0, 0.05) is 50.7 Å². The molecule has 2 heterocycles. The molecule has 0 aliphatic carbocycles. The van der Waals surface area contributed by atoms with Gasteiger partial charge in [0.2, 0.25) is 17.7 Å². The first-order valence-corrected chi connectivity index (χ1v) is 18.0. The highest BCUT2D eigenvalue weighted by Gasteiger charge is 2.41. The number of nitrogens with one attached hydrogen (secondary N) is 2. The predicted octanol–water partition coefficient (Wildman–Crippen LogP) is 5.20. The third kappa shape index (κ3) is 9.14. The Morgan fingerprint density at radius 2 is 1.60 bits per heavy atom. The Kier molecular flexibility index (Phi) is 12.1. The van der Waals surface area contributed by atoms with Gasteiger partial charge in [0.15, 0.2) is 0 Å². The lowest BCUT2D eigenvalue weighted by Gasteiger charge is -2.45. The van der Waals surface area contributed by atoms with Gasteiger partial charge in [-0.2, -0.15) is 0 Å². The van der Waals surface area contributed by atoms with E-state index in [1.54, 1.807) is 40.0 Å². The van der Waals surface area contributed by atoms with Crippen LogP contribution in [0.25, 0.3) is 10.8 Å². The molecule has 11 heteroatoms. The smallest absolute Gasteiger partial charge is 0.410 e. The molecule has 2 fully saturated rings. The van der Waals surface area contributed by atoms with Crippen LogP contribution >= 0.6 is 11.6 Å². The number of carbonyl (C=O) groups is 4. The highest BCUT2D eigenvalue weighted by atomic mass is 35.5. The van der Waals surface area contributed by atoms with E-state index in [-0.39, 0.29) is 30.2 Å². The van der Waals surface area contributed by atoms with Gasteiger partial charge >= 0.3 is 6.09 Å². The summed E-state index contributed by atoms with van der Waals surface area (Å²) in [7, 11) is 1.66. The normalized spacial score (nSPS) is 19.6. The van der Waals surface area contributed by atoms with Crippen LogP contribution in [0, 0.1) is 0 Å². The monoisotopic (exact) mass is 703 g/mol. The van der Waals surface area contributed by atoms with Crippen LogP contribution in [0.5, 0.6) is 0 Å². The first-order valence-electron chi connectivity index (χ1n) is 17.6. The van der Waals surface area contributed by atoms with E-state index in [2.05, 4.69) is 45.9 Å². The molecule has 2 aliphatic heterocycles. The number of likely N-dealkylation sites (N-methyl/N-ethyl adjacent to an activating group) is 1. The first kappa shape index (κ1) is 37.1. The number of likely N-dealkylation sites (tertiary alicyclic amines) is 1. The third-order valence-electron chi connectivity index (χ3n) is 9.65. The van der Waals surface area contributed by atoms with Crippen molar-refractivity contribution in [2.45, 2.75) is 89.6 Å². The standard InChI is InChI=1S/C39H50ClN5O5/c1-6-31-25-43(34(35(46)41-5)24-27-13-16-28-10-7-8-11-29(28)22-27)20-21-44(31)37(48)32(23-26-14-17-30(40)18-15-26)42-36(47)33-12-9-19-45(33)38(49)50-39(2,3)4/h7-8,10-11,13-18,22,31-34H,6,9,12,19-21,23-25H2,1-5H3,(H,41,46)(H,42,47). The van der Waals surface area contributed by atoms with Crippen LogP contribution in [0.4, 0.5) is 4.79 Å². The van der Waals surface area contributed by atoms with E-state index in [0.717, 1.165) is 21.9 Å². The molecule has 0 radical (unpaired) electrons. The van der Waals surface area contributed by atoms with Crippen LogP contribution in [0.15, 0.2) is 66.7 Å². The van der Waals surface area contributed by atoms with Gasteiger partial charge in [-0.05, 0) is 80.5 Å². The number of rotatable bonds is 10. The van der Waals surface area contributed by atoms with Crippen LogP contribution in [0.1, 0.15) is 58.1 Å². The minimum absolute atomic E-state index is 0.0632. The summed E-state index contributed by atoms with van der Waals surface area (Å²) in [6.45, 7) is 9.26. The molecule has 2 N–H and O–H groups in total. The van der Waals surface area contributed by atoms with E-state index < -0.39 is 29.8 Å². The number of benzene rings is 3. The van der Waals surface area contributed by atoms with Crippen LogP contribution in [-0.4, -0.2) is 102 Å². The van der Waals surface area contributed by atoms with Gasteiger partial charge in [-0.3, -0.25) is 24.2 Å². The largest absolute Gasteiger partial charge is 0.444 e. The van der Waals surface area contributed by atoms with Crippen molar-refractivity contribution < 1.29 is 23.9 Å². The number of amides is 4. The molecule has 10 nitrogen and oxygen atoms in total. The van der Waals surface area contributed by atoms with Gasteiger partial charge in [-0.25, -0.2) is 4.79 Å². The number of hydrogen-bond donors (Lipinski definition) is 2. The molecule has 0 spiro atoms. The Hall–Kier alpha value is -4.15. The Balaban J connectivity index is 1.33. The van der Waals surface area contributed by atoms with Crippen molar-refractivity contribution in [1.29, 1.82) is 0 Å². The maximum absolute atomic E-state index is 14.5. The summed E-state index contributed by atoms with van der Waals surface area (Å²) in [6.07, 6.45) is 2.10. The molecule has 50 heavy (non-hydrogen) atoms. The third-order valence-corrected chi connectivity index (χ3v) is 9.90. The summed E-state index contributed by atoms with van der Waals surface area (Å²) < 4.78 is 5.58. The fraction of sp³-hybridized carbons (Fsp3) is 0.487. The predicted molar refractivity (Wildman–Crippen MR) is 196 cm³/mol. The Labute approximate surface area is 300 Å².